The van der Waals surface area contributed by atoms with Crippen LogP contribution in [0, 0.1) is 0 Å². The van der Waals surface area contributed by atoms with Crippen LogP contribution < -0.4 is 20.8 Å². The monoisotopic (exact) mass is 550 g/mol. The van der Waals surface area contributed by atoms with Crippen LogP contribution in [0.5, 0.6) is 5.75 Å². The van der Waals surface area contributed by atoms with Gasteiger partial charge in [-0.25, -0.2) is 0 Å². The zero-order valence-corrected chi connectivity index (χ0v) is 22.0. The highest BCUT2D eigenvalue weighted by molar-refractivity contribution is 6.59. The van der Waals surface area contributed by atoms with Crippen molar-refractivity contribution >= 4 is 58.0 Å². The third-order valence-electron chi connectivity index (χ3n) is 6.10. The van der Waals surface area contributed by atoms with Gasteiger partial charge in [0.25, 0.3) is 11.8 Å². The van der Waals surface area contributed by atoms with Gasteiger partial charge in [0, 0.05) is 27.5 Å². The predicted octanol–water partition coefficient (Wildman–Crippen LogP) is 6.02. The quantitative estimate of drug-likeness (QED) is 0.192. The zero-order chi connectivity index (χ0) is 28.1. The largest absolute Gasteiger partial charge is 0.495 e. The highest BCUT2D eigenvalue weighted by Gasteiger charge is 2.30. The summed E-state index contributed by atoms with van der Waals surface area (Å²) in [6.45, 7) is 0. The number of carbonyl (C=O) groups excluding carboxylic acids is 3. The normalized spacial score (nSPS) is 13.2. The van der Waals surface area contributed by atoms with Gasteiger partial charge in [-0.05, 0) is 66.2 Å². The van der Waals surface area contributed by atoms with Gasteiger partial charge in [-0.3, -0.25) is 19.8 Å². The Morgan fingerprint density at radius 3 is 2.23 bits per heavy atom. The van der Waals surface area contributed by atoms with E-state index in [-0.39, 0.29) is 17.2 Å². The molecule has 0 saturated carbocycles. The summed E-state index contributed by atoms with van der Waals surface area (Å²) in [4.78, 5) is 39.4. The van der Waals surface area contributed by atoms with E-state index in [1.165, 1.54) is 13.2 Å². The summed E-state index contributed by atoms with van der Waals surface area (Å²) in [7, 11) is 1.49. The van der Waals surface area contributed by atoms with Crippen LogP contribution in [0.1, 0.15) is 21.5 Å². The number of benzene rings is 4. The van der Waals surface area contributed by atoms with Crippen LogP contribution in [-0.4, -0.2) is 30.4 Å². The fourth-order valence-corrected chi connectivity index (χ4v) is 4.22. The van der Waals surface area contributed by atoms with E-state index in [0.29, 0.717) is 44.5 Å². The van der Waals surface area contributed by atoms with Crippen molar-refractivity contribution in [1.29, 1.82) is 0 Å². The Morgan fingerprint density at radius 1 is 0.800 bits per heavy atom. The number of rotatable bonds is 7. The number of amides is 2. The summed E-state index contributed by atoms with van der Waals surface area (Å²) in [6, 6.07) is 27.6. The number of Topliss-reactive ketones (excluding diaryl/α,β-unsaturated/α-hetero) is 1. The van der Waals surface area contributed by atoms with Crippen LogP contribution in [-0.2, 0) is 9.59 Å². The van der Waals surface area contributed by atoms with Gasteiger partial charge in [-0.15, -0.1) is 0 Å². The Balaban J connectivity index is 1.43. The molecular formula is C31H23ClN4O4. The number of para-hydroxylation sites is 1. The molecule has 0 aliphatic heterocycles. The van der Waals surface area contributed by atoms with Gasteiger partial charge in [0.2, 0.25) is 5.78 Å². The van der Waals surface area contributed by atoms with Crippen molar-refractivity contribution < 1.29 is 19.1 Å². The first kappa shape index (κ1) is 26.4. The number of halogens is 1. The van der Waals surface area contributed by atoms with E-state index >= 15 is 0 Å². The molecule has 0 bridgehead atoms. The van der Waals surface area contributed by atoms with Gasteiger partial charge in [-0.2, -0.15) is 5.10 Å². The van der Waals surface area contributed by atoms with Crippen molar-refractivity contribution in [3.63, 3.8) is 0 Å². The number of ether oxygens (including phenoxy) is 1. The van der Waals surface area contributed by atoms with Gasteiger partial charge in [-0.1, -0.05) is 54.1 Å². The Morgan fingerprint density at radius 2 is 1.48 bits per heavy atom. The Hall–Kier alpha value is -5.21. The van der Waals surface area contributed by atoms with Crippen LogP contribution in [0.4, 0.5) is 17.1 Å². The molecule has 1 aliphatic rings. The standard InChI is InChI=1S/C31H23ClN4O4/c1-40-27-16-11-20(30(38)33-22-8-3-2-4-9-22)18-26(27)35-36-28-24-10-6-5-7-19(24)17-25(29(28)37)31(39)34-23-14-12-21(32)13-15-23/h2-18,35H,1H3,(H,33,38)(H,34,39)/b36-28-. The number of fused-ring (bicyclic) bond motifs is 1. The van der Waals surface area contributed by atoms with E-state index in [1.54, 1.807) is 72.8 Å². The highest BCUT2D eigenvalue weighted by atomic mass is 35.5. The van der Waals surface area contributed by atoms with Crippen molar-refractivity contribution in [2.45, 2.75) is 0 Å². The molecule has 4 aromatic rings. The fraction of sp³-hybridized carbons (Fsp3) is 0.0323. The number of nitrogens with zero attached hydrogens (tertiary/aromatic N) is 1. The summed E-state index contributed by atoms with van der Waals surface area (Å²) >= 11 is 5.93. The Bertz CT molecular complexity index is 1660. The van der Waals surface area contributed by atoms with E-state index in [1.807, 2.05) is 24.3 Å². The predicted molar refractivity (Wildman–Crippen MR) is 157 cm³/mol. The van der Waals surface area contributed by atoms with Crippen LogP contribution in [0.15, 0.2) is 108 Å². The molecule has 4 aromatic carbocycles. The number of hydrazone groups is 1. The maximum absolute atomic E-state index is 13.5. The number of methoxy groups -OCH3 is 1. The van der Waals surface area contributed by atoms with Crippen molar-refractivity contribution in [3.05, 3.63) is 124 Å². The first-order valence-corrected chi connectivity index (χ1v) is 12.6. The lowest BCUT2D eigenvalue weighted by Crippen LogP contribution is -2.30. The van der Waals surface area contributed by atoms with Gasteiger partial charge in [0.15, 0.2) is 0 Å². The molecule has 1 aliphatic carbocycles. The summed E-state index contributed by atoms with van der Waals surface area (Å²) in [6.07, 6.45) is 1.54. The summed E-state index contributed by atoms with van der Waals surface area (Å²) in [5.41, 5.74) is 5.92. The number of carbonyl (C=O) groups is 3. The first-order chi connectivity index (χ1) is 19.4. The highest BCUT2D eigenvalue weighted by Crippen LogP contribution is 2.28. The summed E-state index contributed by atoms with van der Waals surface area (Å²) < 4.78 is 5.44. The molecule has 3 N–H and O–H groups in total. The Labute approximate surface area is 235 Å². The molecule has 0 heterocycles. The second-order valence-electron chi connectivity index (χ2n) is 8.74. The molecule has 0 fully saturated rings. The van der Waals surface area contributed by atoms with Crippen LogP contribution in [0.2, 0.25) is 5.02 Å². The second kappa shape index (κ2) is 11.7. The zero-order valence-electron chi connectivity index (χ0n) is 21.3. The molecule has 0 spiro atoms. The van der Waals surface area contributed by atoms with E-state index < -0.39 is 11.7 Å². The minimum atomic E-state index is -0.577. The molecule has 9 heteroatoms. The Kier molecular flexibility index (Phi) is 7.70. The van der Waals surface area contributed by atoms with Crippen LogP contribution >= 0.6 is 11.6 Å². The molecule has 198 valence electrons. The second-order valence-corrected chi connectivity index (χ2v) is 9.18. The minimum absolute atomic E-state index is 0.0422. The molecule has 40 heavy (non-hydrogen) atoms. The van der Waals surface area contributed by atoms with Gasteiger partial charge >= 0.3 is 0 Å². The molecular weight excluding hydrogens is 528 g/mol. The van der Waals surface area contributed by atoms with Gasteiger partial charge in [0.05, 0.1) is 18.4 Å². The van der Waals surface area contributed by atoms with Crippen LogP contribution in [0.3, 0.4) is 0 Å². The van der Waals surface area contributed by atoms with E-state index in [2.05, 4.69) is 21.2 Å². The van der Waals surface area contributed by atoms with E-state index in [9.17, 15) is 14.4 Å². The fourth-order valence-electron chi connectivity index (χ4n) is 4.10. The molecule has 0 saturated heterocycles. The van der Waals surface area contributed by atoms with E-state index in [4.69, 9.17) is 16.3 Å². The average Bonchev–Trinajstić information content (AvgIpc) is 2.98. The van der Waals surface area contributed by atoms with Crippen molar-refractivity contribution in [1.82, 2.24) is 0 Å². The van der Waals surface area contributed by atoms with Crippen LogP contribution in [0.25, 0.3) is 6.08 Å². The van der Waals surface area contributed by atoms with Crippen molar-refractivity contribution in [2.24, 2.45) is 5.10 Å². The lowest BCUT2D eigenvalue weighted by atomic mass is 9.89. The number of ketones is 1. The molecule has 2 amide bonds. The summed E-state index contributed by atoms with van der Waals surface area (Å²) in [5.74, 6) is -1.05. The lowest BCUT2D eigenvalue weighted by molar-refractivity contribution is -0.116. The first-order valence-electron chi connectivity index (χ1n) is 12.2. The number of hydrogen-bond acceptors (Lipinski definition) is 6. The van der Waals surface area contributed by atoms with Crippen molar-refractivity contribution in [2.75, 3.05) is 23.2 Å². The minimum Gasteiger partial charge on any atom is -0.495 e. The van der Waals surface area contributed by atoms with Crippen molar-refractivity contribution in [3.8, 4) is 5.75 Å². The topological polar surface area (TPSA) is 109 Å². The molecule has 8 nitrogen and oxygen atoms in total. The van der Waals surface area contributed by atoms with Gasteiger partial charge < -0.3 is 15.4 Å². The lowest BCUT2D eigenvalue weighted by Gasteiger charge is -2.18. The smallest absolute Gasteiger partial charge is 0.259 e. The molecule has 0 atom stereocenters. The van der Waals surface area contributed by atoms with Gasteiger partial charge in [0.1, 0.15) is 11.5 Å². The average molecular weight is 551 g/mol. The third-order valence-corrected chi connectivity index (χ3v) is 6.36. The third kappa shape index (κ3) is 5.77. The summed E-state index contributed by atoms with van der Waals surface area (Å²) in [5, 5.41) is 10.5. The molecule has 0 radical (unpaired) electrons. The maximum atomic E-state index is 13.5. The SMILES string of the molecule is COc1ccc(C(=O)Nc2ccccc2)cc1N/N=C1\C(=O)C(C(=O)Nc2ccc(Cl)cc2)=Cc2ccccc21. The maximum Gasteiger partial charge on any atom is 0.259 e. The van der Waals surface area contributed by atoms with E-state index in [0.717, 1.165) is 0 Å². The molecule has 0 aromatic heterocycles. The number of anilines is 3. The molecule has 5 rings (SSSR count). The molecule has 0 unspecified atom stereocenters. The number of nitrogens with one attached hydrogen (secondary N) is 3. The number of hydrogen-bond donors (Lipinski definition) is 3.